The number of rotatable bonds is 6. The Bertz CT molecular complexity index is 908. The smallest absolute Gasteiger partial charge is 0.228 e. The van der Waals surface area contributed by atoms with Crippen LogP contribution in [0.4, 0.5) is 0 Å². The molecule has 0 radical (unpaired) electrons. The Morgan fingerprint density at radius 3 is 2.63 bits per heavy atom. The molecule has 0 saturated heterocycles. The molecule has 3 rings (SSSR count). The van der Waals surface area contributed by atoms with Crippen molar-refractivity contribution in [1.82, 2.24) is 20.8 Å². The van der Waals surface area contributed by atoms with E-state index in [4.69, 9.17) is 27.7 Å². The highest BCUT2D eigenvalue weighted by Crippen LogP contribution is 2.18. The summed E-state index contributed by atoms with van der Waals surface area (Å²) in [6.07, 6.45) is 0.582. The average Bonchev–Trinajstić information content (AvgIpc) is 3.14. The summed E-state index contributed by atoms with van der Waals surface area (Å²) in [5.41, 5.74) is 1.94. The molecule has 0 aliphatic rings. The van der Waals surface area contributed by atoms with Crippen LogP contribution in [0.2, 0.25) is 10.0 Å². The number of nitrogens with zero attached hydrogens (tertiary/aromatic N) is 3. The van der Waals surface area contributed by atoms with Gasteiger partial charge in [0.2, 0.25) is 11.7 Å². The number of nitrogens with one attached hydrogen (secondary N) is 2. The van der Waals surface area contributed by atoms with Gasteiger partial charge in [-0.25, -0.2) is 0 Å². The minimum absolute atomic E-state index is 0.546. The molecular weight excluding hydrogens is 385 g/mol. The van der Waals surface area contributed by atoms with E-state index in [1.165, 1.54) is 0 Å². The van der Waals surface area contributed by atoms with Crippen LogP contribution >= 0.6 is 23.2 Å². The normalized spacial score (nSPS) is 11.4. The quantitative estimate of drug-likeness (QED) is 0.481. The Labute approximate surface area is 167 Å². The van der Waals surface area contributed by atoms with Gasteiger partial charge in [0, 0.05) is 42.2 Å². The lowest BCUT2D eigenvalue weighted by molar-refractivity contribution is 0.378. The van der Waals surface area contributed by atoms with Crippen molar-refractivity contribution in [3.05, 3.63) is 70.0 Å². The van der Waals surface area contributed by atoms with Gasteiger partial charge in [-0.3, -0.25) is 4.99 Å². The minimum atomic E-state index is 0.546. The van der Waals surface area contributed by atoms with E-state index < -0.39 is 0 Å². The molecule has 0 spiro atoms. The van der Waals surface area contributed by atoms with Crippen molar-refractivity contribution in [2.24, 2.45) is 4.99 Å². The van der Waals surface area contributed by atoms with E-state index in [9.17, 15) is 0 Å². The molecule has 0 unspecified atom stereocenters. The zero-order valence-corrected chi connectivity index (χ0v) is 16.3. The van der Waals surface area contributed by atoms with E-state index in [0.29, 0.717) is 47.2 Å². The van der Waals surface area contributed by atoms with Gasteiger partial charge >= 0.3 is 0 Å². The summed E-state index contributed by atoms with van der Waals surface area (Å²) in [6, 6.07) is 15.0. The van der Waals surface area contributed by atoms with E-state index in [2.05, 4.69) is 25.8 Å². The van der Waals surface area contributed by atoms with Gasteiger partial charge in [-0.05, 0) is 42.0 Å². The molecule has 0 amide bonds. The molecule has 6 nitrogen and oxygen atoms in total. The Balaban J connectivity index is 1.47. The zero-order chi connectivity index (χ0) is 19.1. The van der Waals surface area contributed by atoms with Gasteiger partial charge in [-0.1, -0.05) is 40.5 Å². The summed E-state index contributed by atoms with van der Waals surface area (Å²) in [5, 5.41) is 11.8. The van der Waals surface area contributed by atoms with Crippen molar-refractivity contribution in [1.29, 1.82) is 0 Å². The maximum Gasteiger partial charge on any atom is 0.228 e. The Hall–Kier alpha value is -2.57. The molecule has 0 aliphatic carbocycles. The highest BCUT2D eigenvalue weighted by atomic mass is 35.5. The first-order chi connectivity index (χ1) is 13.1. The van der Waals surface area contributed by atoms with Crippen molar-refractivity contribution < 1.29 is 4.52 Å². The van der Waals surface area contributed by atoms with Gasteiger partial charge in [0.1, 0.15) is 0 Å². The second kappa shape index (κ2) is 9.39. The van der Waals surface area contributed by atoms with Crippen LogP contribution in [0.15, 0.2) is 58.0 Å². The lowest BCUT2D eigenvalue weighted by atomic mass is 10.2. The number of hydrogen-bond acceptors (Lipinski definition) is 4. The van der Waals surface area contributed by atoms with Gasteiger partial charge in [-0.2, -0.15) is 4.98 Å². The summed E-state index contributed by atoms with van der Waals surface area (Å²) < 4.78 is 5.30. The number of aliphatic imine (C=N–C) groups is 1. The third kappa shape index (κ3) is 5.70. The first kappa shape index (κ1) is 19.2. The second-order valence-electron chi connectivity index (χ2n) is 5.75. The van der Waals surface area contributed by atoms with E-state index in [1.54, 1.807) is 19.2 Å². The predicted molar refractivity (Wildman–Crippen MR) is 108 cm³/mol. The molecule has 1 aromatic heterocycles. The summed E-state index contributed by atoms with van der Waals surface area (Å²) in [5.74, 6) is 1.79. The highest BCUT2D eigenvalue weighted by Gasteiger charge is 2.09. The highest BCUT2D eigenvalue weighted by molar-refractivity contribution is 6.30. The van der Waals surface area contributed by atoms with E-state index in [-0.39, 0.29) is 0 Å². The largest absolute Gasteiger partial charge is 0.356 e. The third-order valence-corrected chi connectivity index (χ3v) is 4.26. The van der Waals surface area contributed by atoms with Crippen molar-refractivity contribution in [2.45, 2.75) is 13.0 Å². The number of aromatic nitrogens is 2. The molecule has 2 N–H and O–H groups in total. The topological polar surface area (TPSA) is 75.3 Å². The maximum atomic E-state index is 6.00. The average molecular weight is 404 g/mol. The van der Waals surface area contributed by atoms with E-state index in [1.807, 2.05) is 36.4 Å². The summed E-state index contributed by atoms with van der Waals surface area (Å²) in [4.78, 5) is 8.60. The van der Waals surface area contributed by atoms with Gasteiger partial charge in [0.05, 0.1) is 0 Å². The molecule has 0 fully saturated rings. The fourth-order valence-electron chi connectivity index (χ4n) is 2.41. The van der Waals surface area contributed by atoms with Gasteiger partial charge in [0.15, 0.2) is 5.96 Å². The first-order valence-electron chi connectivity index (χ1n) is 8.41. The first-order valence-corrected chi connectivity index (χ1v) is 9.17. The molecule has 8 heteroatoms. The van der Waals surface area contributed by atoms with Gasteiger partial charge in [-0.15, -0.1) is 0 Å². The molecule has 0 bridgehead atoms. The van der Waals surface area contributed by atoms with Crippen LogP contribution in [0.3, 0.4) is 0 Å². The molecular formula is C19H19Cl2N5O. The van der Waals surface area contributed by atoms with Crippen molar-refractivity contribution >= 4 is 29.2 Å². The molecule has 0 saturated carbocycles. The van der Waals surface area contributed by atoms with Crippen LogP contribution in [-0.4, -0.2) is 29.7 Å². The summed E-state index contributed by atoms with van der Waals surface area (Å²) in [7, 11) is 1.72. The van der Waals surface area contributed by atoms with Crippen molar-refractivity contribution in [3.8, 4) is 11.4 Å². The standard InChI is InChI=1S/C19H19Cl2N5O/c1-22-19(24-12-13-3-2-4-16(21)11-13)23-10-9-17-25-18(26-27-17)14-5-7-15(20)8-6-14/h2-8,11H,9-10,12H2,1H3,(H2,22,23,24). The molecule has 140 valence electrons. The van der Waals surface area contributed by atoms with E-state index in [0.717, 1.165) is 11.1 Å². The van der Waals surface area contributed by atoms with Crippen LogP contribution in [0, 0.1) is 0 Å². The fraction of sp³-hybridized carbons (Fsp3) is 0.211. The Morgan fingerprint density at radius 2 is 1.89 bits per heavy atom. The fourth-order valence-corrected chi connectivity index (χ4v) is 2.75. The Morgan fingerprint density at radius 1 is 1.07 bits per heavy atom. The van der Waals surface area contributed by atoms with Gasteiger partial charge in [0.25, 0.3) is 0 Å². The summed E-state index contributed by atoms with van der Waals surface area (Å²) >= 11 is 11.9. The van der Waals surface area contributed by atoms with E-state index >= 15 is 0 Å². The van der Waals surface area contributed by atoms with Crippen molar-refractivity contribution in [3.63, 3.8) is 0 Å². The maximum absolute atomic E-state index is 6.00. The summed E-state index contributed by atoms with van der Waals surface area (Å²) in [6.45, 7) is 1.24. The lowest BCUT2D eigenvalue weighted by Gasteiger charge is -2.11. The van der Waals surface area contributed by atoms with Crippen LogP contribution in [-0.2, 0) is 13.0 Å². The van der Waals surface area contributed by atoms with Crippen molar-refractivity contribution in [2.75, 3.05) is 13.6 Å². The monoisotopic (exact) mass is 403 g/mol. The predicted octanol–water partition coefficient (Wildman–Crippen LogP) is 3.95. The number of benzene rings is 2. The number of halogens is 2. The van der Waals surface area contributed by atoms with Gasteiger partial charge < -0.3 is 15.2 Å². The van der Waals surface area contributed by atoms with Crippen LogP contribution in [0.5, 0.6) is 0 Å². The third-order valence-electron chi connectivity index (χ3n) is 3.77. The minimum Gasteiger partial charge on any atom is -0.356 e. The number of hydrogen-bond donors (Lipinski definition) is 2. The van der Waals surface area contributed by atoms with Crippen LogP contribution in [0.1, 0.15) is 11.5 Å². The lowest BCUT2D eigenvalue weighted by Crippen LogP contribution is -2.37. The zero-order valence-electron chi connectivity index (χ0n) is 14.7. The molecule has 0 atom stereocenters. The molecule has 0 aliphatic heterocycles. The van der Waals surface area contributed by atoms with Crippen LogP contribution in [0.25, 0.3) is 11.4 Å². The Kier molecular flexibility index (Phi) is 6.68. The molecule has 1 heterocycles. The molecule has 2 aromatic carbocycles. The van der Waals surface area contributed by atoms with Crippen LogP contribution < -0.4 is 10.6 Å². The second-order valence-corrected chi connectivity index (χ2v) is 6.62. The molecule has 3 aromatic rings. The molecule has 27 heavy (non-hydrogen) atoms. The SMILES string of the molecule is CN=C(NCCc1nc(-c2ccc(Cl)cc2)no1)NCc1cccc(Cl)c1. The number of guanidine groups is 1.